The summed E-state index contributed by atoms with van der Waals surface area (Å²) in [6.07, 6.45) is 9.22. The molecular formula is C30H41N3O8. The summed E-state index contributed by atoms with van der Waals surface area (Å²) < 4.78 is 6.32. The van der Waals surface area contributed by atoms with E-state index in [1.807, 2.05) is 6.07 Å². The number of aliphatic hydroxyl groups excluding tert-OH is 1. The topological polar surface area (TPSA) is 148 Å². The molecule has 11 heteroatoms. The maximum absolute atomic E-state index is 12.7. The molecule has 224 valence electrons. The number of piperazine rings is 1. The first kappa shape index (κ1) is 30.5. The average Bonchev–Trinajstić information content (AvgIpc) is 3.56. The summed E-state index contributed by atoms with van der Waals surface area (Å²) in [7, 11) is 0. The number of benzene rings is 1. The molecule has 3 atom stereocenters. The molecular weight excluding hydrogens is 530 g/mol. The lowest BCUT2D eigenvalue weighted by Gasteiger charge is -2.38. The van der Waals surface area contributed by atoms with Crippen LogP contribution >= 0.6 is 0 Å². The molecule has 0 radical (unpaired) electrons. The zero-order valence-electron chi connectivity index (χ0n) is 23.4. The van der Waals surface area contributed by atoms with Crippen molar-refractivity contribution in [1.82, 2.24) is 9.80 Å². The molecule has 1 aromatic rings. The van der Waals surface area contributed by atoms with Crippen molar-refractivity contribution >= 4 is 29.4 Å². The molecule has 0 aromatic heterocycles. The van der Waals surface area contributed by atoms with Crippen LogP contribution in [0.4, 0.5) is 5.69 Å². The molecule has 11 nitrogen and oxygen atoms in total. The molecule has 4 aliphatic rings. The molecule has 3 unspecified atom stereocenters. The van der Waals surface area contributed by atoms with E-state index in [1.54, 1.807) is 0 Å². The Kier molecular flexibility index (Phi) is 10.8. The second-order valence-electron chi connectivity index (χ2n) is 11.2. The van der Waals surface area contributed by atoms with Crippen LogP contribution in [0.5, 0.6) is 5.75 Å². The number of anilines is 1. The van der Waals surface area contributed by atoms with E-state index in [9.17, 15) is 24.3 Å². The van der Waals surface area contributed by atoms with Crippen LogP contribution in [0.1, 0.15) is 51.4 Å². The van der Waals surface area contributed by atoms with Gasteiger partial charge in [-0.1, -0.05) is 25.0 Å². The third-order valence-electron chi connectivity index (χ3n) is 8.34. The van der Waals surface area contributed by atoms with Crippen molar-refractivity contribution in [3.63, 3.8) is 0 Å². The lowest BCUT2D eigenvalue weighted by Crippen LogP contribution is -2.50. The lowest BCUT2D eigenvalue weighted by molar-refractivity contribution is -0.142. The number of imide groups is 1. The number of carboxylic acid groups (broad SMARTS) is 2. The maximum atomic E-state index is 12.7. The van der Waals surface area contributed by atoms with Crippen molar-refractivity contribution in [3.8, 4) is 5.75 Å². The van der Waals surface area contributed by atoms with Crippen LogP contribution in [0.2, 0.25) is 0 Å². The van der Waals surface area contributed by atoms with Gasteiger partial charge in [0.05, 0.1) is 36.3 Å². The Balaban J connectivity index is 0.000000426. The Morgan fingerprint density at radius 2 is 1.37 bits per heavy atom. The summed E-state index contributed by atoms with van der Waals surface area (Å²) in [5.74, 6) is -1.95. The molecule has 4 fully saturated rings. The normalized spacial score (nSPS) is 24.2. The summed E-state index contributed by atoms with van der Waals surface area (Å²) in [4.78, 5) is 50.4. The van der Waals surface area contributed by atoms with Crippen LogP contribution in [0.3, 0.4) is 0 Å². The van der Waals surface area contributed by atoms with E-state index in [0.717, 1.165) is 76.1 Å². The van der Waals surface area contributed by atoms with Crippen molar-refractivity contribution in [2.24, 2.45) is 11.8 Å². The Morgan fingerprint density at radius 1 is 0.829 bits per heavy atom. The van der Waals surface area contributed by atoms with Gasteiger partial charge in [0, 0.05) is 44.9 Å². The SMILES string of the molecule is O=C(O)/C=C\C(=O)O.O=C1C2CCCCC2C(=O)N1CC(O)CN1CCN(c2ccccc2OC2CCCC2)CC1. The minimum Gasteiger partial charge on any atom is -0.488 e. The van der Waals surface area contributed by atoms with Gasteiger partial charge in [-0.2, -0.15) is 0 Å². The van der Waals surface area contributed by atoms with Gasteiger partial charge in [-0.25, -0.2) is 9.59 Å². The predicted molar refractivity (Wildman–Crippen MR) is 151 cm³/mol. The number of para-hydroxylation sites is 2. The fourth-order valence-electron chi connectivity index (χ4n) is 6.30. The Morgan fingerprint density at radius 3 is 1.93 bits per heavy atom. The van der Waals surface area contributed by atoms with E-state index in [4.69, 9.17) is 14.9 Å². The number of rotatable bonds is 9. The number of carbonyl (C=O) groups is 4. The molecule has 1 aromatic carbocycles. The predicted octanol–water partition coefficient (Wildman–Crippen LogP) is 2.38. The zero-order chi connectivity index (χ0) is 29.4. The van der Waals surface area contributed by atoms with Gasteiger partial charge in [0.25, 0.3) is 0 Å². The van der Waals surface area contributed by atoms with Crippen LogP contribution in [-0.2, 0) is 19.2 Å². The highest BCUT2D eigenvalue weighted by atomic mass is 16.5. The molecule has 2 aliphatic heterocycles. The van der Waals surface area contributed by atoms with E-state index < -0.39 is 18.0 Å². The minimum atomic E-state index is -1.26. The molecule has 0 bridgehead atoms. The number of aliphatic carboxylic acids is 2. The lowest BCUT2D eigenvalue weighted by atomic mass is 9.81. The largest absolute Gasteiger partial charge is 0.488 e. The number of likely N-dealkylation sites (tertiary alicyclic amines) is 1. The van der Waals surface area contributed by atoms with Crippen molar-refractivity contribution < 1.29 is 39.2 Å². The van der Waals surface area contributed by atoms with Crippen LogP contribution in [-0.4, -0.2) is 100 Å². The third-order valence-corrected chi connectivity index (χ3v) is 8.34. The van der Waals surface area contributed by atoms with E-state index in [0.29, 0.717) is 24.8 Å². The number of carboxylic acids is 2. The van der Waals surface area contributed by atoms with Gasteiger partial charge in [-0.05, 0) is 50.7 Å². The molecule has 5 rings (SSSR count). The molecule has 3 N–H and O–H groups in total. The highest BCUT2D eigenvalue weighted by Crippen LogP contribution is 2.38. The van der Waals surface area contributed by atoms with Crippen LogP contribution in [0.25, 0.3) is 0 Å². The molecule has 0 spiro atoms. The van der Waals surface area contributed by atoms with Gasteiger partial charge in [0.1, 0.15) is 5.75 Å². The monoisotopic (exact) mass is 571 g/mol. The highest BCUT2D eigenvalue weighted by Gasteiger charge is 2.48. The Bertz CT molecular complexity index is 1070. The van der Waals surface area contributed by atoms with Crippen LogP contribution in [0, 0.1) is 11.8 Å². The van der Waals surface area contributed by atoms with Crippen molar-refractivity contribution in [3.05, 3.63) is 36.4 Å². The number of fused-ring (bicyclic) bond motifs is 1. The fraction of sp³-hybridized carbons (Fsp3) is 0.600. The van der Waals surface area contributed by atoms with Crippen LogP contribution < -0.4 is 9.64 Å². The first-order valence-corrected chi connectivity index (χ1v) is 14.6. The van der Waals surface area contributed by atoms with E-state index >= 15 is 0 Å². The zero-order valence-corrected chi connectivity index (χ0v) is 23.4. The van der Waals surface area contributed by atoms with Crippen molar-refractivity contribution in [2.75, 3.05) is 44.2 Å². The smallest absolute Gasteiger partial charge is 0.328 e. The first-order chi connectivity index (χ1) is 19.7. The number of β-amino-alcohol motifs (C(OH)–C–C–N with tert-alkyl or cyclic N) is 1. The molecule has 2 amide bonds. The molecule has 2 heterocycles. The number of amides is 2. The quantitative estimate of drug-likeness (QED) is 0.298. The summed E-state index contributed by atoms with van der Waals surface area (Å²) in [6.45, 7) is 4.01. The highest BCUT2D eigenvalue weighted by molar-refractivity contribution is 6.05. The molecule has 2 saturated heterocycles. The second-order valence-corrected chi connectivity index (χ2v) is 11.2. The van der Waals surface area contributed by atoms with Crippen molar-refractivity contribution in [1.29, 1.82) is 0 Å². The van der Waals surface area contributed by atoms with E-state index in [-0.39, 0.29) is 30.2 Å². The van der Waals surface area contributed by atoms with Gasteiger partial charge >= 0.3 is 11.9 Å². The fourth-order valence-corrected chi connectivity index (χ4v) is 6.30. The average molecular weight is 572 g/mol. The minimum absolute atomic E-state index is 0.0626. The van der Waals surface area contributed by atoms with Gasteiger partial charge in [-0.3, -0.25) is 19.4 Å². The molecule has 2 saturated carbocycles. The number of nitrogens with zero attached hydrogens (tertiary/aromatic N) is 3. The summed E-state index contributed by atoms with van der Waals surface area (Å²) in [5.41, 5.74) is 1.15. The molecule has 41 heavy (non-hydrogen) atoms. The second kappa shape index (κ2) is 14.5. The van der Waals surface area contributed by atoms with Gasteiger partial charge in [0.15, 0.2) is 0 Å². The van der Waals surface area contributed by atoms with Crippen LogP contribution in [0.15, 0.2) is 36.4 Å². The molecule has 2 aliphatic carbocycles. The van der Waals surface area contributed by atoms with E-state index in [2.05, 4.69) is 28.0 Å². The Labute approximate surface area is 240 Å². The van der Waals surface area contributed by atoms with Crippen molar-refractivity contribution in [2.45, 2.75) is 63.6 Å². The summed E-state index contributed by atoms with van der Waals surface area (Å²) in [5, 5.41) is 26.3. The Hall–Kier alpha value is -3.44. The first-order valence-electron chi connectivity index (χ1n) is 14.6. The summed E-state index contributed by atoms with van der Waals surface area (Å²) >= 11 is 0. The number of ether oxygens (including phenoxy) is 1. The van der Waals surface area contributed by atoms with E-state index in [1.165, 1.54) is 17.7 Å². The number of hydrogen-bond acceptors (Lipinski definition) is 8. The maximum Gasteiger partial charge on any atom is 0.328 e. The number of carbonyl (C=O) groups excluding carboxylic acids is 2. The van der Waals surface area contributed by atoms with Gasteiger partial charge < -0.3 is 25.0 Å². The van der Waals surface area contributed by atoms with Gasteiger partial charge in [-0.15, -0.1) is 0 Å². The van der Waals surface area contributed by atoms with Gasteiger partial charge in [0.2, 0.25) is 11.8 Å². The standard InChI is InChI=1S/C26H37N3O4.C4H4O4/c30-19(18-29-25(31)21-9-3-4-10-22(21)26(29)32)17-27-13-15-28(16-14-27)23-11-5-6-12-24(23)33-20-7-1-2-8-20;5-3(6)1-2-4(7)8/h5-6,11-12,19-22,30H,1-4,7-10,13-18H2;1-2H,(H,5,6)(H,7,8)/b;2-1-. The number of aliphatic hydroxyl groups is 1. The third kappa shape index (κ3) is 8.29. The summed E-state index contributed by atoms with van der Waals surface area (Å²) in [6, 6.07) is 8.32. The number of hydrogen-bond donors (Lipinski definition) is 3.